The van der Waals surface area contributed by atoms with Crippen LogP contribution in [0.2, 0.25) is 0 Å². The number of hydrogen-bond acceptors (Lipinski definition) is 6. The molecule has 2 aromatic carbocycles. The highest BCUT2D eigenvalue weighted by atomic mass is 79.9. The third-order valence-corrected chi connectivity index (χ3v) is 5.68. The molecule has 0 aliphatic carbocycles. The lowest BCUT2D eigenvalue weighted by atomic mass is 9.99. The highest BCUT2D eigenvalue weighted by molar-refractivity contribution is 9.10. The van der Waals surface area contributed by atoms with Crippen LogP contribution in [0.3, 0.4) is 0 Å². The normalized spacial score (nSPS) is 16.1. The van der Waals surface area contributed by atoms with Crippen molar-refractivity contribution in [3.8, 4) is 0 Å². The van der Waals surface area contributed by atoms with Gasteiger partial charge in [-0.1, -0.05) is 57.6 Å². The molecule has 0 saturated carbocycles. The Morgan fingerprint density at radius 2 is 1.93 bits per heavy atom. The summed E-state index contributed by atoms with van der Waals surface area (Å²) in [4.78, 5) is 28.0. The van der Waals surface area contributed by atoms with Gasteiger partial charge in [-0.25, -0.2) is 0 Å². The maximum Gasteiger partial charge on any atom is 0.297 e. The molecular formula is C19H10BrN3O3S. The van der Waals surface area contributed by atoms with Gasteiger partial charge in [0.05, 0.1) is 17.0 Å². The van der Waals surface area contributed by atoms with Crippen molar-refractivity contribution >= 4 is 49.3 Å². The van der Waals surface area contributed by atoms with E-state index >= 15 is 0 Å². The zero-order valence-electron chi connectivity index (χ0n) is 13.6. The Labute approximate surface area is 165 Å². The second-order valence-corrected chi connectivity index (χ2v) is 7.75. The average molecular weight is 440 g/mol. The van der Waals surface area contributed by atoms with Gasteiger partial charge in [-0.2, -0.15) is 0 Å². The first-order valence-electron chi connectivity index (χ1n) is 8.06. The van der Waals surface area contributed by atoms with Crippen molar-refractivity contribution in [1.29, 1.82) is 0 Å². The Morgan fingerprint density at radius 1 is 1.11 bits per heavy atom. The van der Waals surface area contributed by atoms with Crippen LogP contribution in [-0.4, -0.2) is 16.1 Å². The number of benzene rings is 2. The molecule has 0 radical (unpaired) electrons. The molecule has 1 aliphatic rings. The van der Waals surface area contributed by atoms with Crippen LogP contribution in [0.4, 0.5) is 5.13 Å². The van der Waals surface area contributed by atoms with Gasteiger partial charge < -0.3 is 4.42 Å². The van der Waals surface area contributed by atoms with E-state index in [1.165, 1.54) is 16.2 Å². The molecule has 3 heterocycles. The van der Waals surface area contributed by atoms with Gasteiger partial charge >= 0.3 is 0 Å². The van der Waals surface area contributed by atoms with Gasteiger partial charge in [0.2, 0.25) is 10.9 Å². The maximum absolute atomic E-state index is 13.3. The van der Waals surface area contributed by atoms with Crippen molar-refractivity contribution in [2.45, 2.75) is 6.04 Å². The van der Waals surface area contributed by atoms with Crippen molar-refractivity contribution < 1.29 is 9.21 Å². The van der Waals surface area contributed by atoms with E-state index in [1.54, 1.807) is 23.7 Å². The highest BCUT2D eigenvalue weighted by Gasteiger charge is 2.44. The Bertz CT molecular complexity index is 1240. The molecule has 1 amide bonds. The summed E-state index contributed by atoms with van der Waals surface area (Å²) in [6.45, 7) is 0. The van der Waals surface area contributed by atoms with Gasteiger partial charge in [0, 0.05) is 4.47 Å². The molecule has 1 atom stereocenters. The summed E-state index contributed by atoms with van der Waals surface area (Å²) in [6, 6.07) is 13.9. The fourth-order valence-corrected chi connectivity index (χ4v) is 4.31. The van der Waals surface area contributed by atoms with Crippen molar-refractivity contribution in [1.82, 2.24) is 10.2 Å². The van der Waals surface area contributed by atoms with Crippen LogP contribution in [-0.2, 0) is 0 Å². The van der Waals surface area contributed by atoms with E-state index in [-0.39, 0.29) is 11.2 Å². The van der Waals surface area contributed by atoms with Gasteiger partial charge in [-0.05, 0) is 23.8 Å². The molecule has 0 spiro atoms. The van der Waals surface area contributed by atoms with Crippen molar-refractivity contribution in [3.05, 3.63) is 85.6 Å². The van der Waals surface area contributed by atoms with Crippen LogP contribution in [0.1, 0.15) is 27.7 Å². The minimum Gasteiger partial charge on any atom is -0.450 e. The smallest absolute Gasteiger partial charge is 0.297 e. The van der Waals surface area contributed by atoms with E-state index in [0.717, 1.165) is 10.0 Å². The molecule has 0 bridgehead atoms. The average Bonchev–Trinajstić information content (AvgIpc) is 3.30. The van der Waals surface area contributed by atoms with Gasteiger partial charge in [0.25, 0.3) is 5.91 Å². The number of amides is 1. The number of halogens is 1. The first-order chi connectivity index (χ1) is 13.1. The number of nitrogens with zero attached hydrogens (tertiary/aromatic N) is 3. The molecule has 2 aromatic heterocycles. The third-order valence-electron chi connectivity index (χ3n) is 4.50. The highest BCUT2D eigenvalue weighted by Crippen LogP contribution is 2.41. The molecule has 0 saturated heterocycles. The summed E-state index contributed by atoms with van der Waals surface area (Å²) >= 11 is 4.63. The lowest BCUT2D eigenvalue weighted by Gasteiger charge is -2.21. The molecule has 27 heavy (non-hydrogen) atoms. The fraction of sp³-hybridized carbons (Fsp3) is 0.0526. The van der Waals surface area contributed by atoms with Crippen LogP contribution < -0.4 is 10.3 Å². The fourth-order valence-electron chi connectivity index (χ4n) is 3.37. The van der Waals surface area contributed by atoms with Crippen LogP contribution in [0.5, 0.6) is 0 Å². The largest absolute Gasteiger partial charge is 0.450 e. The standard InChI is InChI=1S/C19H10BrN3O3S/c20-11-6-7-13-12(8-11)16(24)14-15(10-4-2-1-3-5-10)23(18(25)17(14)26-13)19-22-21-9-27-19/h1-9,15H. The summed E-state index contributed by atoms with van der Waals surface area (Å²) in [7, 11) is 0. The molecule has 0 fully saturated rings. The summed E-state index contributed by atoms with van der Waals surface area (Å²) in [5, 5.41) is 8.73. The topological polar surface area (TPSA) is 76.3 Å². The molecule has 4 aromatic rings. The zero-order valence-corrected chi connectivity index (χ0v) is 16.0. The SMILES string of the molecule is O=C1c2oc3ccc(Br)cc3c(=O)c2C(c2ccccc2)N1c1nncs1. The van der Waals surface area contributed by atoms with E-state index in [1.807, 2.05) is 30.3 Å². The minimum absolute atomic E-state index is 0.0545. The van der Waals surface area contributed by atoms with Gasteiger partial charge in [0.1, 0.15) is 11.1 Å². The summed E-state index contributed by atoms with van der Waals surface area (Å²) in [6.07, 6.45) is 0. The summed E-state index contributed by atoms with van der Waals surface area (Å²) < 4.78 is 6.64. The molecule has 8 heteroatoms. The van der Waals surface area contributed by atoms with Crippen molar-refractivity contribution in [2.24, 2.45) is 0 Å². The molecule has 132 valence electrons. The predicted octanol–water partition coefficient (Wildman–Crippen LogP) is 4.16. The molecule has 1 unspecified atom stereocenters. The molecule has 0 N–H and O–H groups in total. The summed E-state index contributed by atoms with van der Waals surface area (Å²) in [5.74, 6) is -0.337. The molecule has 1 aliphatic heterocycles. The quantitative estimate of drug-likeness (QED) is 0.468. The van der Waals surface area contributed by atoms with E-state index in [9.17, 15) is 9.59 Å². The second kappa shape index (κ2) is 6.11. The number of rotatable bonds is 2. The second-order valence-electron chi connectivity index (χ2n) is 6.02. The Morgan fingerprint density at radius 3 is 2.67 bits per heavy atom. The molecular weight excluding hydrogens is 430 g/mol. The number of hydrogen-bond donors (Lipinski definition) is 0. The number of fused-ring (bicyclic) bond motifs is 2. The first kappa shape index (κ1) is 16.3. The van der Waals surface area contributed by atoms with Gasteiger partial charge in [-0.15, -0.1) is 10.2 Å². The number of carbonyl (C=O) groups excluding carboxylic acids is 1. The Kier molecular flexibility index (Phi) is 3.70. The Hall–Kier alpha value is -2.84. The first-order valence-corrected chi connectivity index (χ1v) is 9.73. The summed E-state index contributed by atoms with van der Waals surface area (Å²) in [5.41, 5.74) is 2.84. The molecule has 6 nitrogen and oxygen atoms in total. The lowest BCUT2D eigenvalue weighted by molar-refractivity contribution is 0.0970. The Balaban J connectivity index is 1.85. The van der Waals surface area contributed by atoms with Crippen LogP contribution in [0, 0.1) is 0 Å². The van der Waals surface area contributed by atoms with E-state index < -0.39 is 11.9 Å². The van der Waals surface area contributed by atoms with Gasteiger partial charge in [-0.3, -0.25) is 14.5 Å². The lowest BCUT2D eigenvalue weighted by Crippen LogP contribution is -2.29. The van der Waals surface area contributed by atoms with E-state index in [2.05, 4.69) is 26.1 Å². The number of aromatic nitrogens is 2. The van der Waals surface area contributed by atoms with Crippen LogP contribution >= 0.6 is 27.3 Å². The number of anilines is 1. The van der Waals surface area contributed by atoms with E-state index in [0.29, 0.717) is 21.7 Å². The van der Waals surface area contributed by atoms with E-state index in [4.69, 9.17) is 4.42 Å². The van der Waals surface area contributed by atoms with Crippen molar-refractivity contribution in [3.63, 3.8) is 0 Å². The monoisotopic (exact) mass is 439 g/mol. The van der Waals surface area contributed by atoms with Gasteiger partial charge in [0.15, 0.2) is 5.43 Å². The third kappa shape index (κ3) is 2.44. The number of carbonyl (C=O) groups is 1. The maximum atomic E-state index is 13.3. The molecule has 5 rings (SSSR count). The van der Waals surface area contributed by atoms with Crippen LogP contribution in [0.25, 0.3) is 11.0 Å². The minimum atomic E-state index is -0.610. The zero-order chi connectivity index (χ0) is 18.5. The predicted molar refractivity (Wildman–Crippen MR) is 105 cm³/mol. The van der Waals surface area contributed by atoms with Crippen LogP contribution in [0.15, 0.2) is 67.7 Å². The van der Waals surface area contributed by atoms with Crippen molar-refractivity contribution in [2.75, 3.05) is 4.90 Å².